The van der Waals surface area contributed by atoms with Gasteiger partial charge in [0.2, 0.25) is 0 Å². The van der Waals surface area contributed by atoms with E-state index in [0.29, 0.717) is 0 Å². The lowest BCUT2D eigenvalue weighted by Crippen LogP contribution is -2.54. The maximum atomic E-state index is 12.9. The lowest BCUT2D eigenvalue weighted by molar-refractivity contribution is -0.0394. The fourth-order valence-corrected chi connectivity index (χ4v) is 6.48. The predicted octanol–water partition coefficient (Wildman–Crippen LogP) is 4.15. The van der Waals surface area contributed by atoms with Gasteiger partial charge in [0.05, 0.1) is 10.5 Å². The molecule has 1 saturated carbocycles. The van der Waals surface area contributed by atoms with E-state index in [4.69, 9.17) is 0 Å². The summed E-state index contributed by atoms with van der Waals surface area (Å²) in [5.74, 6) is 0.119. The Balaban J connectivity index is 1.35. The second-order valence-corrected chi connectivity index (χ2v) is 11.0. The van der Waals surface area contributed by atoms with E-state index in [0.717, 1.165) is 56.7 Å². The van der Waals surface area contributed by atoms with Gasteiger partial charge in [-0.05, 0) is 76.5 Å². The highest BCUT2D eigenvalue weighted by atomic mass is 32.1. The highest BCUT2D eigenvalue weighted by Gasteiger charge is 2.41. The van der Waals surface area contributed by atoms with Crippen LogP contribution in [0.25, 0.3) is 0 Å². The van der Waals surface area contributed by atoms with Crippen molar-refractivity contribution in [3.63, 3.8) is 0 Å². The number of nitrogens with one attached hydrogen (secondary N) is 1. The van der Waals surface area contributed by atoms with Gasteiger partial charge in [0.15, 0.2) is 0 Å². The zero-order valence-corrected chi connectivity index (χ0v) is 18.2. The standard InChI is InChI=1S/C23H36N2O2S/c1-22(27)10-7-13-25(16-22)17-23(11-6-12-23)15-24-21(26)20-14-18-8-4-2-3-5-9-19(18)28-20/h14,27H,2-13,15-17H2,1H3,(H,24,26). The molecule has 1 amide bonds. The van der Waals surface area contributed by atoms with Crippen LogP contribution < -0.4 is 5.32 Å². The number of nitrogens with zero attached hydrogens (tertiary/aromatic N) is 1. The van der Waals surface area contributed by atoms with Gasteiger partial charge in [-0.25, -0.2) is 0 Å². The highest BCUT2D eigenvalue weighted by Crippen LogP contribution is 2.42. The maximum absolute atomic E-state index is 12.9. The Bertz CT molecular complexity index is 667. The Hall–Kier alpha value is -0.910. The molecular formula is C23H36N2O2S. The molecule has 1 saturated heterocycles. The molecule has 4 nitrogen and oxygen atoms in total. The normalized spacial score (nSPS) is 27.9. The van der Waals surface area contributed by atoms with Crippen molar-refractivity contribution >= 4 is 17.2 Å². The van der Waals surface area contributed by atoms with Gasteiger partial charge in [0, 0.05) is 29.9 Å². The molecule has 1 aromatic rings. The molecule has 0 bridgehead atoms. The van der Waals surface area contributed by atoms with E-state index in [1.807, 2.05) is 6.92 Å². The summed E-state index contributed by atoms with van der Waals surface area (Å²) in [5, 5.41) is 13.7. The molecule has 1 aliphatic heterocycles. The number of amides is 1. The maximum Gasteiger partial charge on any atom is 0.261 e. The minimum Gasteiger partial charge on any atom is -0.389 e. The largest absolute Gasteiger partial charge is 0.389 e. The lowest BCUT2D eigenvalue weighted by Gasteiger charge is -2.48. The van der Waals surface area contributed by atoms with Gasteiger partial charge in [0.1, 0.15) is 0 Å². The van der Waals surface area contributed by atoms with Crippen molar-refractivity contribution in [3.8, 4) is 0 Å². The number of β-amino-alcohol motifs (C(OH)–C–C–N with tert-alkyl or cyclic N) is 1. The van der Waals surface area contributed by atoms with E-state index < -0.39 is 5.60 Å². The topological polar surface area (TPSA) is 52.6 Å². The quantitative estimate of drug-likeness (QED) is 0.775. The van der Waals surface area contributed by atoms with Crippen molar-refractivity contribution in [2.45, 2.75) is 83.2 Å². The van der Waals surface area contributed by atoms with Crippen LogP contribution in [0.2, 0.25) is 0 Å². The van der Waals surface area contributed by atoms with Crippen LogP contribution in [0.5, 0.6) is 0 Å². The van der Waals surface area contributed by atoms with Crippen LogP contribution in [0.4, 0.5) is 0 Å². The first-order valence-corrected chi connectivity index (χ1v) is 12.1. The molecule has 1 unspecified atom stereocenters. The lowest BCUT2D eigenvalue weighted by atomic mass is 9.68. The predicted molar refractivity (Wildman–Crippen MR) is 115 cm³/mol. The van der Waals surface area contributed by atoms with Gasteiger partial charge in [-0.1, -0.05) is 19.3 Å². The molecule has 2 N–H and O–H groups in total. The van der Waals surface area contributed by atoms with Crippen molar-refractivity contribution < 1.29 is 9.90 Å². The van der Waals surface area contributed by atoms with Gasteiger partial charge in [-0.2, -0.15) is 0 Å². The van der Waals surface area contributed by atoms with Crippen molar-refractivity contribution in [2.75, 3.05) is 26.2 Å². The Morgan fingerprint density at radius 3 is 2.64 bits per heavy atom. The van der Waals surface area contributed by atoms with Crippen LogP contribution in [0.1, 0.15) is 84.8 Å². The Morgan fingerprint density at radius 1 is 1.14 bits per heavy atom. The minimum atomic E-state index is -0.556. The molecule has 0 radical (unpaired) electrons. The Morgan fingerprint density at radius 2 is 1.93 bits per heavy atom. The first kappa shape index (κ1) is 20.4. The number of aryl methyl sites for hydroxylation is 2. The molecule has 0 spiro atoms. The fraction of sp³-hybridized carbons (Fsp3) is 0.783. The van der Waals surface area contributed by atoms with Gasteiger partial charge in [-0.15, -0.1) is 11.3 Å². The molecule has 1 aromatic heterocycles. The molecule has 2 heterocycles. The van der Waals surface area contributed by atoms with E-state index in [9.17, 15) is 9.90 Å². The molecule has 3 aliphatic rings. The van der Waals surface area contributed by atoms with E-state index >= 15 is 0 Å². The fourth-order valence-electron chi connectivity index (χ4n) is 5.31. The average Bonchev–Trinajstić information content (AvgIpc) is 2.98. The number of rotatable bonds is 5. The number of carbonyl (C=O) groups is 1. The number of hydrogen-bond donors (Lipinski definition) is 2. The summed E-state index contributed by atoms with van der Waals surface area (Å²) in [6.07, 6.45) is 13.0. The van der Waals surface area contributed by atoms with Crippen molar-refractivity contribution in [1.29, 1.82) is 0 Å². The second kappa shape index (κ2) is 8.45. The van der Waals surface area contributed by atoms with Crippen LogP contribution in [-0.2, 0) is 12.8 Å². The van der Waals surface area contributed by atoms with E-state index in [1.165, 1.54) is 55.4 Å². The van der Waals surface area contributed by atoms with Crippen LogP contribution in [-0.4, -0.2) is 47.7 Å². The van der Waals surface area contributed by atoms with Crippen molar-refractivity contribution in [1.82, 2.24) is 10.2 Å². The summed E-state index contributed by atoms with van der Waals surface area (Å²) < 4.78 is 0. The zero-order chi connectivity index (χ0) is 19.6. The van der Waals surface area contributed by atoms with Gasteiger partial charge in [0.25, 0.3) is 5.91 Å². The van der Waals surface area contributed by atoms with E-state index in [2.05, 4.69) is 16.3 Å². The summed E-state index contributed by atoms with van der Waals surface area (Å²) in [6.45, 7) is 5.57. The molecule has 1 atom stereocenters. The van der Waals surface area contributed by atoms with Crippen LogP contribution in [0.15, 0.2) is 6.07 Å². The summed E-state index contributed by atoms with van der Waals surface area (Å²) in [5.41, 5.74) is 1.07. The molecule has 5 heteroatoms. The summed E-state index contributed by atoms with van der Waals surface area (Å²) in [7, 11) is 0. The third-order valence-corrected chi connectivity index (χ3v) is 8.31. The van der Waals surface area contributed by atoms with Crippen LogP contribution >= 0.6 is 11.3 Å². The van der Waals surface area contributed by atoms with Crippen molar-refractivity contribution in [3.05, 3.63) is 21.4 Å². The number of thiophene rings is 1. The molecular weight excluding hydrogens is 368 g/mol. The second-order valence-electron chi connectivity index (χ2n) is 9.82. The van der Waals surface area contributed by atoms with Gasteiger partial charge >= 0.3 is 0 Å². The minimum absolute atomic E-state index is 0.119. The van der Waals surface area contributed by atoms with E-state index in [1.54, 1.807) is 11.3 Å². The monoisotopic (exact) mass is 404 g/mol. The molecule has 2 fully saturated rings. The summed E-state index contributed by atoms with van der Waals surface area (Å²) in [4.78, 5) is 17.6. The number of carbonyl (C=O) groups excluding carboxylic acids is 1. The SMILES string of the molecule is CC1(O)CCCN(CC2(CNC(=O)c3cc4c(s3)CCCCCC4)CCC2)C1. The summed E-state index contributed by atoms with van der Waals surface area (Å²) >= 11 is 1.72. The molecule has 0 aromatic carbocycles. The van der Waals surface area contributed by atoms with Gasteiger partial charge in [-0.3, -0.25) is 9.69 Å². The average molecular weight is 405 g/mol. The van der Waals surface area contributed by atoms with Gasteiger partial charge < -0.3 is 10.4 Å². The third kappa shape index (κ3) is 4.80. The third-order valence-electron chi connectivity index (χ3n) is 7.07. The zero-order valence-electron chi connectivity index (χ0n) is 17.4. The number of hydrogen-bond acceptors (Lipinski definition) is 4. The Kier molecular flexibility index (Phi) is 6.15. The molecule has 2 aliphatic carbocycles. The molecule has 28 heavy (non-hydrogen) atoms. The highest BCUT2D eigenvalue weighted by molar-refractivity contribution is 7.14. The summed E-state index contributed by atoms with van der Waals surface area (Å²) in [6, 6.07) is 2.16. The number of aliphatic hydroxyl groups is 1. The number of piperidine rings is 1. The van der Waals surface area contributed by atoms with Crippen LogP contribution in [0, 0.1) is 5.41 Å². The molecule has 4 rings (SSSR count). The Labute approximate surface area is 173 Å². The number of fused-ring (bicyclic) bond motifs is 1. The van der Waals surface area contributed by atoms with E-state index in [-0.39, 0.29) is 11.3 Å². The molecule has 156 valence electrons. The van der Waals surface area contributed by atoms with Crippen LogP contribution in [0.3, 0.4) is 0 Å². The van der Waals surface area contributed by atoms with Crippen molar-refractivity contribution in [2.24, 2.45) is 5.41 Å². The smallest absolute Gasteiger partial charge is 0.261 e. The first-order chi connectivity index (χ1) is 13.4. The number of likely N-dealkylation sites (tertiary alicyclic amines) is 1. The first-order valence-electron chi connectivity index (χ1n) is 11.3.